The molecule has 31 heavy (non-hydrogen) atoms. The van der Waals surface area contributed by atoms with Gasteiger partial charge in [0.1, 0.15) is 5.82 Å². The van der Waals surface area contributed by atoms with Crippen molar-refractivity contribution in [3.63, 3.8) is 0 Å². The van der Waals surface area contributed by atoms with Crippen LogP contribution in [0.4, 0.5) is 14.7 Å². The maximum atomic E-state index is 14.0. The number of pyridine rings is 1. The molecule has 12 heteroatoms. The molecule has 1 aromatic carbocycles. The fraction of sp³-hybridized carbons (Fsp3) is 0.263. The molecule has 2 aromatic heterocycles. The number of rotatable bonds is 6. The number of halogens is 2. The zero-order chi connectivity index (χ0) is 22.9. The van der Waals surface area contributed by atoms with Crippen LogP contribution in [-0.2, 0) is 17.1 Å². The lowest BCUT2D eigenvalue weighted by molar-refractivity contribution is 0.407. The number of sulfonamides is 1. The molecule has 2 heterocycles. The smallest absolute Gasteiger partial charge is 0.327 e. The number of nitrogens with zero attached hydrogens (tertiary/aromatic N) is 4. The molecular weight excluding hydrogens is 432 g/mol. The van der Waals surface area contributed by atoms with Crippen LogP contribution in [0.1, 0.15) is 19.4 Å². The second kappa shape index (κ2) is 8.38. The molecule has 0 radical (unpaired) electrons. The molecule has 0 aliphatic carbocycles. The van der Waals surface area contributed by atoms with Crippen molar-refractivity contribution in [2.75, 3.05) is 4.72 Å². The Balaban J connectivity index is 2.13. The highest BCUT2D eigenvalue weighted by atomic mass is 32.2. The van der Waals surface area contributed by atoms with Gasteiger partial charge in [-0.25, -0.2) is 17.2 Å². The van der Waals surface area contributed by atoms with Gasteiger partial charge in [0.25, 0.3) is 5.56 Å². The van der Waals surface area contributed by atoms with E-state index in [4.69, 9.17) is 4.74 Å². The molecule has 0 bridgehead atoms. The summed E-state index contributed by atoms with van der Waals surface area (Å²) < 4.78 is 60.5. The molecule has 0 atom stereocenters. The standard InChI is InChI=1S/C19H19F2N5O4S/c1-10(2)31(28,29)25-18-22-16(12-7-11(3)17(27)26(4)9-12)23-19(24-18)30-15-6-5-13(20)8-14(15)21/h5-10H,1-4H3,(H,22,23,24,25). The van der Waals surface area contributed by atoms with Crippen LogP contribution in [-0.4, -0.2) is 33.2 Å². The Hall–Kier alpha value is -3.41. The Labute approximate surface area is 176 Å². The van der Waals surface area contributed by atoms with Crippen molar-refractivity contribution < 1.29 is 21.9 Å². The second-order valence-corrected chi connectivity index (χ2v) is 9.20. The molecule has 0 aliphatic heterocycles. The van der Waals surface area contributed by atoms with Crippen molar-refractivity contribution in [3.05, 3.63) is 58.0 Å². The summed E-state index contributed by atoms with van der Waals surface area (Å²) in [5.41, 5.74) is 0.539. The van der Waals surface area contributed by atoms with E-state index < -0.39 is 32.9 Å². The van der Waals surface area contributed by atoms with Gasteiger partial charge in [-0.2, -0.15) is 15.0 Å². The van der Waals surface area contributed by atoms with Gasteiger partial charge in [-0.15, -0.1) is 0 Å². The molecule has 0 spiro atoms. The molecule has 9 nitrogen and oxygen atoms in total. The molecule has 1 N–H and O–H groups in total. The van der Waals surface area contributed by atoms with Gasteiger partial charge in [-0.1, -0.05) is 0 Å². The van der Waals surface area contributed by atoms with Crippen molar-refractivity contribution in [3.8, 4) is 23.1 Å². The van der Waals surface area contributed by atoms with Crippen LogP contribution >= 0.6 is 0 Å². The fourth-order valence-electron chi connectivity index (χ4n) is 2.48. The van der Waals surface area contributed by atoms with E-state index in [0.29, 0.717) is 17.2 Å². The minimum atomic E-state index is -3.81. The first-order valence-corrected chi connectivity index (χ1v) is 10.6. The van der Waals surface area contributed by atoms with E-state index in [0.717, 1.165) is 12.1 Å². The van der Waals surface area contributed by atoms with Crippen LogP contribution in [0, 0.1) is 18.6 Å². The monoisotopic (exact) mass is 451 g/mol. The third-order valence-electron chi connectivity index (χ3n) is 4.18. The fourth-order valence-corrected chi connectivity index (χ4v) is 3.06. The first kappa shape index (κ1) is 22.3. The molecule has 0 aliphatic rings. The van der Waals surface area contributed by atoms with E-state index >= 15 is 0 Å². The maximum absolute atomic E-state index is 14.0. The third kappa shape index (κ3) is 5.02. The minimum absolute atomic E-state index is 0.0207. The average molecular weight is 451 g/mol. The maximum Gasteiger partial charge on any atom is 0.327 e. The molecule has 0 amide bonds. The average Bonchev–Trinajstić information content (AvgIpc) is 2.67. The molecule has 3 rings (SSSR count). The van der Waals surface area contributed by atoms with E-state index in [1.54, 1.807) is 6.92 Å². The first-order chi connectivity index (χ1) is 14.5. The lowest BCUT2D eigenvalue weighted by atomic mass is 10.2. The number of hydrogen-bond donors (Lipinski definition) is 1. The van der Waals surface area contributed by atoms with E-state index in [1.807, 2.05) is 0 Å². The predicted octanol–water partition coefficient (Wildman–Crippen LogP) is 2.77. The third-order valence-corrected chi connectivity index (χ3v) is 5.89. The molecular formula is C19H19F2N5O4S. The summed E-state index contributed by atoms with van der Waals surface area (Å²) >= 11 is 0. The number of aromatic nitrogens is 4. The summed E-state index contributed by atoms with van der Waals surface area (Å²) in [6.45, 7) is 4.53. The first-order valence-electron chi connectivity index (χ1n) is 9.04. The SMILES string of the molecule is Cc1cc(-c2nc(NS(=O)(=O)C(C)C)nc(Oc3ccc(F)cc3F)n2)cn(C)c1=O. The normalized spacial score (nSPS) is 11.6. The van der Waals surface area contributed by atoms with Gasteiger partial charge in [0.15, 0.2) is 17.4 Å². The van der Waals surface area contributed by atoms with Gasteiger partial charge in [0, 0.05) is 30.4 Å². The van der Waals surface area contributed by atoms with E-state index in [9.17, 15) is 22.0 Å². The van der Waals surface area contributed by atoms with Gasteiger partial charge in [-0.05, 0) is 39.0 Å². The molecule has 3 aromatic rings. The zero-order valence-electron chi connectivity index (χ0n) is 17.1. The summed E-state index contributed by atoms with van der Waals surface area (Å²) in [5, 5.41) is -0.786. The second-order valence-electron chi connectivity index (χ2n) is 6.97. The summed E-state index contributed by atoms with van der Waals surface area (Å²) in [7, 11) is -2.28. The lowest BCUT2D eigenvalue weighted by Gasteiger charge is -2.12. The van der Waals surface area contributed by atoms with Crippen LogP contribution in [0.5, 0.6) is 11.8 Å². The molecule has 0 unspecified atom stereocenters. The van der Waals surface area contributed by atoms with Crippen molar-refractivity contribution in [1.82, 2.24) is 19.5 Å². The van der Waals surface area contributed by atoms with Crippen molar-refractivity contribution in [2.24, 2.45) is 7.05 Å². The topological polar surface area (TPSA) is 116 Å². The van der Waals surface area contributed by atoms with Crippen LogP contribution in [0.25, 0.3) is 11.4 Å². The van der Waals surface area contributed by atoms with Gasteiger partial charge >= 0.3 is 6.01 Å². The Morgan fingerprint density at radius 2 is 1.84 bits per heavy atom. The number of nitrogens with one attached hydrogen (secondary N) is 1. The lowest BCUT2D eigenvalue weighted by Crippen LogP contribution is -2.24. The highest BCUT2D eigenvalue weighted by Crippen LogP contribution is 2.26. The van der Waals surface area contributed by atoms with E-state index in [-0.39, 0.29) is 23.1 Å². The Kier molecular flexibility index (Phi) is 6.02. The van der Waals surface area contributed by atoms with Crippen LogP contribution in [0.2, 0.25) is 0 Å². The number of anilines is 1. The molecule has 0 fully saturated rings. The Bertz CT molecular complexity index is 1280. The Morgan fingerprint density at radius 3 is 2.45 bits per heavy atom. The van der Waals surface area contributed by atoms with Crippen molar-refractivity contribution in [2.45, 2.75) is 26.0 Å². The highest BCUT2D eigenvalue weighted by Gasteiger charge is 2.20. The van der Waals surface area contributed by atoms with Crippen LogP contribution < -0.4 is 15.0 Å². The Morgan fingerprint density at radius 1 is 1.13 bits per heavy atom. The van der Waals surface area contributed by atoms with Gasteiger partial charge in [-0.3, -0.25) is 9.52 Å². The van der Waals surface area contributed by atoms with Crippen LogP contribution in [0.3, 0.4) is 0 Å². The van der Waals surface area contributed by atoms with Gasteiger partial charge in [0.05, 0.1) is 5.25 Å². The molecule has 0 saturated carbocycles. The predicted molar refractivity (Wildman–Crippen MR) is 109 cm³/mol. The van der Waals surface area contributed by atoms with Crippen LogP contribution in [0.15, 0.2) is 35.3 Å². The highest BCUT2D eigenvalue weighted by molar-refractivity contribution is 7.93. The van der Waals surface area contributed by atoms with Gasteiger partial charge in [0.2, 0.25) is 16.0 Å². The summed E-state index contributed by atoms with van der Waals surface area (Å²) in [4.78, 5) is 24.1. The summed E-state index contributed by atoms with van der Waals surface area (Å²) in [5.74, 6) is -2.54. The molecule has 164 valence electrons. The van der Waals surface area contributed by atoms with Gasteiger partial charge < -0.3 is 9.30 Å². The van der Waals surface area contributed by atoms with E-state index in [1.165, 1.54) is 37.7 Å². The zero-order valence-corrected chi connectivity index (χ0v) is 17.9. The molecule has 0 saturated heterocycles. The van der Waals surface area contributed by atoms with E-state index in [2.05, 4.69) is 19.7 Å². The largest absolute Gasteiger partial charge is 0.421 e. The number of ether oxygens (including phenoxy) is 1. The quantitative estimate of drug-likeness (QED) is 0.613. The van der Waals surface area contributed by atoms with Crippen molar-refractivity contribution >= 4 is 16.0 Å². The number of aryl methyl sites for hydroxylation is 2. The van der Waals surface area contributed by atoms with Crippen molar-refractivity contribution in [1.29, 1.82) is 0 Å². The number of benzene rings is 1. The minimum Gasteiger partial charge on any atom is -0.421 e. The summed E-state index contributed by atoms with van der Waals surface area (Å²) in [6, 6.07) is 3.74. The summed E-state index contributed by atoms with van der Waals surface area (Å²) in [6.07, 6.45) is 1.45. The number of hydrogen-bond acceptors (Lipinski definition) is 7.